The SMILES string of the molecule is CCNC1CCCCC1CN(C)Cc1ccccn1. The molecule has 0 bridgehead atoms. The molecular formula is C16H27N3. The highest BCUT2D eigenvalue weighted by atomic mass is 15.1. The molecule has 3 heteroatoms. The molecule has 0 aromatic carbocycles. The van der Waals surface area contributed by atoms with E-state index in [0.717, 1.165) is 19.0 Å². The molecule has 106 valence electrons. The number of aromatic nitrogens is 1. The molecule has 3 nitrogen and oxygen atoms in total. The molecule has 0 radical (unpaired) electrons. The second kappa shape index (κ2) is 7.61. The van der Waals surface area contributed by atoms with Gasteiger partial charge in [0.25, 0.3) is 0 Å². The fourth-order valence-corrected chi connectivity index (χ4v) is 3.19. The van der Waals surface area contributed by atoms with E-state index >= 15 is 0 Å². The molecule has 2 unspecified atom stereocenters. The maximum Gasteiger partial charge on any atom is 0.0543 e. The van der Waals surface area contributed by atoms with Gasteiger partial charge in [-0.25, -0.2) is 0 Å². The van der Waals surface area contributed by atoms with E-state index in [9.17, 15) is 0 Å². The minimum atomic E-state index is 0.713. The summed E-state index contributed by atoms with van der Waals surface area (Å²) in [6.07, 6.45) is 7.37. The Morgan fingerprint density at radius 1 is 1.32 bits per heavy atom. The zero-order chi connectivity index (χ0) is 13.5. The molecule has 2 rings (SSSR count). The predicted octanol–water partition coefficient (Wildman–Crippen LogP) is 2.68. The molecule has 1 aromatic rings. The van der Waals surface area contributed by atoms with Crippen molar-refractivity contribution in [1.82, 2.24) is 15.2 Å². The maximum atomic E-state index is 4.41. The molecule has 1 saturated carbocycles. The molecule has 1 heterocycles. The molecule has 2 atom stereocenters. The summed E-state index contributed by atoms with van der Waals surface area (Å²) in [7, 11) is 2.21. The van der Waals surface area contributed by atoms with Crippen LogP contribution in [0.3, 0.4) is 0 Å². The van der Waals surface area contributed by atoms with E-state index < -0.39 is 0 Å². The third kappa shape index (κ3) is 4.59. The summed E-state index contributed by atoms with van der Waals surface area (Å²) in [5.41, 5.74) is 1.17. The Morgan fingerprint density at radius 3 is 2.89 bits per heavy atom. The minimum absolute atomic E-state index is 0.713. The maximum absolute atomic E-state index is 4.41. The summed E-state index contributed by atoms with van der Waals surface area (Å²) in [4.78, 5) is 6.83. The molecule has 19 heavy (non-hydrogen) atoms. The normalized spacial score (nSPS) is 23.7. The van der Waals surface area contributed by atoms with Crippen molar-refractivity contribution in [3.8, 4) is 0 Å². The smallest absolute Gasteiger partial charge is 0.0543 e. The quantitative estimate of drug-likeness (QED) is 0.853. The average molecular weight is 261 g/mol. The van der Waals surface area contributed by atoms with Crippen molar-refractivity contribution in [2.24, 2.45) is 5.92 Å². The topological polar surface area (TPSA) is 28.2 Å². The van der Waals surface area contributed by atoms with Crippen molar-refractivity contribution in [3.05, 3.63) is 30.1 Å². The van der Waals surface area contributed by atoms with Gasteiger partial charge in [0.05, 0.1) is 5.69 Å². The van der Waals surface area contributed by atoms with Crippen LogP contribution in [0.1, 0.15) is 38.3 Å². The Balaban J connectivity index is 1.84. The number of rotatable bonds is 6. The highest BCUT2D eigenvalue weighted by molar-refractivity contribution is 5.03. The van der Waals surface area contributed by atoms with Crippen molar-refractivity contribution in [2.75, 3.05) is 20.1 Å². The Kier molecular flexibility index (Phi) is 5.80. The minimum Gasteiger partial charge on any atom is -0.314 e. The van der Waals surface area contributed by atoms with E-state index in [1.165, 1.54) is 37.9 Å². The number of pyridine rings is 1. The average Bonchev–Trinajstić information content (AvgIpc) is 2.42. The number of hydrogen-bond donors (Lipinski definition) is 1. The van der Waals surface area contributed by atoms with Crippen molar-refractivity contribution in [1.29, 1.82) is 0 Å². The van der Waals surface area contributed by atoms with Crippen LogP contribution in [0.15, 0.2) is 24.4 Å². The van der Waals surface area contributed by atoms with Gasteiger partial charge in [-0.05, 0) is 44.5 Å². The van der Waals surface area contributed by atoms with E-state index in [1.54, 1.807) is 0 Å². The van der Waals surface area contributed by atoms with Gasteiger partial charge in [0.2, 0.25) is 0 Å². The zero-order valence-electron chi connectivity index (χ0n) is 12.3. The van der Waals surface area contributed by atoms with Crippen LogP contribution in [-0.4, -0.2) is 36.1 Å². The van der Waals surface area contributed by atoms with Crippen LogP contribution in [0.4, 0.5) is 0 Å². The van der Waals surface area contributed by atoms with Crippen molar-refractivity contribution < 1.29 is 0 Å². The fraction of sp³-hybridized carbons (Fsp3) is 0.688. The molecule has 1 fully saturated rings. The van der Waals surface area contributed by atoms with Gasteiger partial charge in [0, 0.05) is 25.3 Å². The van der Waals surface area contributed by atoms with Crippen LogP contribution >= 0.6 is 0 Å². The van der Waals surface area contributed by atoms with Crippen LogP contribution in [0.5, 0.6) is 0 Å². The first-order valence-corrected chi connectivity index (χ1v) is 7.61. The Bertz CT molecular complexity index is 350. The van der Waals surface area contributed by atoms with Gasteiger partial charge in [-0.1, -0.05) is 25.8 Å². The lowest BCUT2D eigenvalue weighted by Crippen LogP contribution is -2.43. The first-order valence-electron chi connectivity index (χ1n) is 7.61. The van der Waals surface area contributed by atoms with E-state index in [-0.39, 0.29) is 0 Å². The summed E-state index contributed by atoms with van der Waals surface area (Å²) in [5, 5.41) is 3.66. The van der Waals surface area contributed by atoms with Gasteiger partial charge in [0.1, 0.15) is 0 Å². The van der Waals surface area contributed by atoms with Gasteiger partial charge in [0.15, 0.2) is 0 Å². The highest BCUT2D eigenvalue weighted by Gasteiger charge is 2.25. The number of nitrogens with zero attached hydrogens (tertiary/aromatic N) is 2. The third-order valence-electron chi connectivity index (χ3n) is 4.08. The Morgan fingerprint density at radius 2 is 2.16 bits per heavy atom. The second-order valence-electron chi connectivity index (χ2n) is 5.73. The standard InChI is InChI=1S/C16H27N3/c1-3-17-16-10-5-4-8-14(16)12-19(2)13-15-9-6-7-11-18-15/h6-7,9,11,14,16-17H,3-5,8,10,12-13H2,1-2H3. The lowest BCUT2D eigenvalue weighted by Gasteiger charge is -2.34. The van der Waals surface area contributed by atoms with E-state index in [4.69, 9.17) is 0 Å². The molecule has 1 aliphatic carbocycles. The lowest BCUT2D eigenvalue weighted by molar-refractivity contribution is 0.185. The fourth-order valence-electron chi connectivity index (χ4n) is 3.19. The molecule has 1 N–H and O–H groups in total. The predicted molar refractivity (Wildman–Crippen MR) is 80.0 cm³/mol. The zero-order valence-corrected chi connectivity index (χ0v) is 12.3. The summed E-state index contributed by atoms with van der Waals surface area (Å²) >= 11 is 0. The van der Waals surface area contributed by atoms with E-state index in [1.807, 2.05) is 12.3 Å². The second-order valence-corrected chi connectivity index (χ2v) is 5.73. The van der Waals surface area contributed by atoms with Crippen LogP contribution < -0.4 is 5.32 Å². The van der Waals surface area contributed by atoms with Crippen LogP contribution in [0.2, 0.25) is 0 Å². The largest absolute Gasteiger partial charge is 0.314 e. The number of hydrogen-bond acceptors (Lipinski definition) is 3. The Labute approximate surface area is 117 Å². The molecule has 0 amide bonds. The van der Waals surface area contributed by atoms with Crippen molar-refractivity contribution in [2.45, 2.75) is 45.2 Å². The third-order valence-corrected chi connectivity index (χ3v) is 4.08. The van der Waals surface area contributed by atoms with Gasteiger partial charge in [-0.3, -0.25) is 4.98 Å². The van der Waals surface area contributed by atoms with Gasteiger partial charge >= 0.3 is 0 Å². The van der Waals surface area contributed by atoms with Crippen molar-refractivity contribution in [3.63, 3.8) is 0 Å². The summed E-state index contributed by atoms with van der Waals surface area (Å²) < 4.78 is 0. The molecular weight excluding hydrogens is 234 g/mol. The Hall–Kier alpha value is -0.930. The summed E-state index contributed by atoms with van der Waals surface area (Å²) in [6.45, 7) is 5.43. The van der Waals surface area contributed by atoms with Crippen molar-refractivity contribution >= 4 is 0 Å². The molecule has 0 aliphatic heterocycles. The van der Waals surface area contributed by atoms with E-state index in [0.29, 0.717) is 6.04 Å². The molecule has 0 spiro atoms. The van der Waals surface area contributed by atoms with Crippen LogP contribution in [0.25, 0.3) is 0 Å². The van der Waals surface area contributed by atoms with Crippen LogP contribution in [0, 0.1) is 5.92 Å². The highest BCUT2D eigenvalue weighted by Crippen LogP contribution is 2.25. The summed E-state index contributed by atoms with van der Waals surface area (Å²) in [5.74, 6) is 0.794. The molecule has 1 aromatic heterocycles. The number of nitrogens with one attached hydrogen (secondary N) is 1. The van der Waals surface area contributed by atoms with Crippen LogP contribution in [-0.2, 0) is 6.54 Å². The van der Waals surface area contributed by atoms with Gasteiger partial charge in [-0.2, -0.15) is 0 Å². The van der Waals surface area contributed by atoms with Gasteiger partial charge < -0.3 is 10.2 Å². The van der Waals surface area contributed by atoms with E-state index in [2.05, 4.69) is 41.3 Å². The molecule has 0 saturated heterocycles. The first kappa shape index (κ1) is 14.5. The monoisotopic (exact) mass is 261 g/mol. The van der Waals surface area contributed by atoms with Gasteiger partial charge in [-0.15, -0.1) is 0 Å². The summed E-state index contributed by atoms with van der Waals surface area (Å²) in [6, 6.07) is 6.87. The lowest BCUT2D eigenvalue weighted by atomic mass is 9.84. The molecule has 1 aliphatic rings. The first-order chi connectivity index (χ1) is 9.29.